The van der Waals surface area contributed by atoms with E-state index in [9.17, 15) is 4.79 Å². The predicted molar refractivity (Wildman–Crippen MR) is 106 cm³/mol. The fraction of sp³-hybridized carbons (Fsp3) is 0.130. The Balaban J connectivity index is 1.88. The summed E-state index contributed by atoms with van der Waals surface area (Å²) < 4.78 is 5.98. The molecule has 4 heteroatoms. The van der Waals surface area contributed by atoms with Crippen LogP contribution in [-0.2, 0) is 4.79 Å². The summed E-state index contributed by atoms with van der Waals surface area (Å²) in [4.78, 5) is 13.0. The van der Waals surface area contributed by atoms with E-state index >= 15 is 0 Å². The number of carbonyl (C=O) groups is 1. The van der Waals surface area contributed by atoms with Gasteiger partial charge in [-0.3, -0.25) is 4.79 Å². The van der Waals surface area contributed by atoms with Gasteiger partial charge in [-0.1, -0.05) is 42.5 Å². The molecule has 3 rings (SSSR count). The highest BCUT2D eigenvalue weighted by Gasteiger charge is 2.23. The van der Waals surface area contributed by atoms with E-state index in [1.54, 1.807) is 24.3 Å². The van der Waals surface area contributed by atoms with Crippen molar-refractivity contribution in [2.24, 2.45) is 0 Å². The van der Waals surface area contributed by atoms with Gasteiger partial charge >= 0.3 is 0 Å². The molecule has 0 bridgehead atoms. The molecule has 0 aliphatic carbocycles. The van der Waals surface area contributed by atoms with Crippen molar-refractivity contribution in [3.05, 3.63) is 95.1 Å². The number of aryl methyl sites for hydroxylation is 2. The van der Waals surface area contributed by atoms with Crippen molar-refractivity contribution < 1.29 is 9.53 Å². The Kier molecular flexibility index (Phi) is 5.53. The fourth-order valence-corrected chi connectivity index (χ4v) is 2.71. The van der Waals surface area contributed by atoms with Gasteiger partial charge in [0.05, 0.1) is 11.6 Å². The number of nitriles is 1. The van der Waals surface area contributed by atoms with Crippen LogP contribution in [0.1, 0.15) is 28.4 Å². The number of hydrogen-bond acceptors (Lipinski definition) is 3. The van der Waals surface area contributed by atoms with Gasteiger partial charge in [-0.25, -0.2) is 0 Å². The van der Waals surface area contributed by atoms with Crippen LogP contribution < -0.4 is 10.1 Å². The molecule has 0 aliphatic rings. The lowest BCUT2D eigenvalue weighted by molar-refractivity contribution is -0.123. The average Bonchev–Trinajstić information content (AvgIpc) is 2.70. The number of benzene rings is 3. The van der Waals surface area contributed by atoms with E-state index in [4.69, 9.17) is 10.00 Å². The van der Waals surface area contributed by atoms with Crippen molar-refractivity contribution in [2.45, 2.75) is 20.0 Å². The van der Waals surface area contributed by atoms with Gasteiger partial charge in [0, 0.05) is 11.3 Å². The van der Waals surface area contributed by atoms with Crippen LogP contribution in [0.5, 0.6) is 5.75 Å². The Labute approximate surface area is 159 Å². The molecule has 1 amide bonds. The molecule has 1 atom stereocenters. The summed E-state index contributed by atoms with van der Waals surface area (Å²) in [6.45, 7) is 3.94. The number of nitrogens with zero attached hydrogens (tertiary/aromatic N) is 1. The van der Waals surface area contributed by atoms with Gasteiger partial charge in [0.1, 0.15) is 5.75 Å². The minimum atomic E-state index is -0.806. The van der Waals surface area contributed by atoms with E-state index in [-0.39, 0.29) is 5.91 Å². The SMILES string of the molecule is Cc1ccc(C)c(NC(=O)[C@H](Oc2ccc(C#N)cc2)c2ccccc2)c1. The fourth-order valence-electron chi connectivity index (χ4n) is 2.71. The van der Waals surface area contributed by atoms with Crippen molar-refractivity contribution >= 4 is 11.6 Å². The van der Waals surface area contributed by atoms with Crippen LogP contribution >= 0.6 is 0 Å². The second-order valence-electron chi connectivity index (χ2n) is 6.35. The van der Waals surface area contributed by atoms with Gasteiger partial charge in [-0.05, 0) is 55.3 Å². The van der Waals surface area contributed by atoms with Crippen molar-refractivity contribution in [1.29, 1.82) is 5.26 Å². The number of amides is 1. The first-order chi connectivity index (χ1) is 13.1. The van der Waals surface area contributed by atoms with Crippen molar-refractivity contribution in [2.75, 3.05) is 5.32 Å². The maximum Gasteiger partial charge on any atom is 0.270 e. The van der Waals surface area contributed by atoms with Gasteiger partial charge < -0.3 is 10.1 Å². The van der Waals surface area contributed by atoms with Crippen LogP contribution in [0.2, 0.25) is 0 Å². The monoisotopic (exact) mass is 356 g/mol. The van der Waals surface area contributed by atoms with Gasteiger partial charge in [0.2, 0.25) is 6.10 Å². The maximum absolute atomic E-state index is 13.0. The third-order valence-corrected chi connectivity index (χ3v) is 4.23. The lowest BCUT2D eigenvalue weighted by atomic mass is 10.1. The molecular formula is C23H20N2O2. The molecule has 1 N–H and O–H groups in total. The minimum absolute atomic E-state index is 0.251. The number of anilines is 1. The third-order valence-electron chi connectivity index (χ3n) is 4.23. The van der Waals surface area contributed by atoms with Crippen LogP contribution in [-0.4, -0.2) is 5.91 Å². The molecule has 0 aliphatic heterocycles. The average molecular weight is 356 g/mol. The topological polar surface area (TPSA) is 62.1 Å². The lowest BCUT2D eigenvalue weighted by Gasteiger charge is -2.20. The van der Waals surface area contributed by atoms with Gasteiger partial charge in [0.15, 0.2) is 0 Å². The molecule has 4 nitrogen and oxygen atoms in total. The van der Waals surface area contributed by atoms with E-state index in [1.165, 1.54) is 0 Å². The van der Waals surface area contributed by atoms with Crippen LogP contribution in [0.3, 0.4) is 0 Å². The maximum atomic E-state index is 13.0. The summed E-state index contributed by atoms with van der Waals surface area (Å²) in [5, 5.41) is 11.9. The molecule has 3 aromatic rings. The number of rotatable bonds is 5. The second-order valence-corrected chi connectivity index (χ2v) is 6.35. The van der Waals surface area contributed by atoms with E-state index in [0.717, 1.165) is 22.4 Å². The number of nitrogens with one attached hydrogen (secondary N) is 1. The molecular weight excluding hydrogens is 336 g/mol. The molecule has 134 valence electrons. The zero-order chi connectivity index (χ0) is 19.2. The molecule has 0 unspecified atom stereocenters. The smallest absolute Gasteiger partial charge is 0.270 e. The Morgan fingerprint density at radius 2 is 1.70 bits per heavy atom. The Bertz CT molecular complexity index is 974. The zero-order valence-corrected chi connectivity index (χ0v) is 15.3. The van der Waals surface area contributed by atoms with E-state index in [1.807, 2.05) is 62.4 Å². The van der Waals surface area contributed by atoms with Crippen LogP contribution in [0.15, 0.2) is 72.8 Å². The van der Waals surface area contributed by atoms with E-state index < -0.39 is 6.10 Å². The van der Waals surface area contributed by atoms with Crippen molar-refractivity contribution in [3.63, 3.8) is 0 Å². The number of carbonyl (C=O) groups excluding carboxylic acids is 1. The van der Waals surface area contributed by atoms with Gasteiger partial charge in [-0.2, -0.15) is 5.26 Å². The van der Waals surface area contributed by atoms with Crippen molar-refractivity contribution in [1.82, 2.24) is 0 Å². The first kappa shape index (κ1) is 18.2. The van der Waals surface area contributed by atoms with Gasteiger partial charge in [0.25, 0.3) is 5.91 Å². The summed E-state index contributed by atoms with van der Waals surface area (Å²) in [5.41, 5.74) is 4.12. The van der Waals surface area contributed by atoms with Crippen LogP contribution in [0.4, 0.5) is 5.69 Å². The van der Waals surface area contributed by atoms with E-state index in [0.29, 0.717) is 11.3 Å². The molecule has 0 saturated heterocycles. The zero-order valence-electron chi connectivity index (χ0n) is 15.3. The Morgan fingerprint density at radius 3 is 2.37 bits per heavy atom. The summed E-state index contributed by atoms with van der Waals surface area (Å²) >= 11 is 0. The normalized spacial score (nSPS) is 11.3. The molecule has 0 radical (unpaired) electrons. The first-order valence-corrected chi connectivity index (χ1v) is 8.66. The molecule has 0 fully saturated rings. The predicted octanol–water partition coefficient (Wildman–Crippen LogP) is 4.93. The Hall–Kier alpha value is -3.58. The number of hydrogen-bond donors (Lipinski definition) is 1. The highest BCUT2D eigenvalue weighted by atomic mass is 16.5. The molecule has 0 heterocycles. The largest absolute Gasteiger partial charge is 0.476 e. The summed E-state index contributed by atoms with van der Waals surface area (Å²) in [7, 11) is 0. The second kappa shape index (κ2) is 8.20. The third kappa shape index (κ3) is 4.53. The molecule has 0 aromatic heterocycles. The minimum Gasteiger partial charge on any atom is -0.476 e. The highest BCUT2D eigenvalue weighted by molar-refractivity contribution is 5.95. The molecule has 0 spiro atoms. The quantitative estimate of drug-likeness (QED) is 0.705. The summed E-state index contributed by atoms with van der Waals surface area (Å²) in [5.74, 6) is 0.276. The van der Waals surface area contributed by atoms with Gasteiger partial charge in [-0.15, -0.1) is 0 Å². The highest BCUT2D eigenvalue weighted by Crippen LogP contribution is 2.25. The van der Waals surface area contributed by atoms with Crippen LogP contribution in [0.25, 0.3) is 0 Å². The molecule has 3 aromatic carbocycles. The van der Waals surface area contributed by atoms with Crippen LogP contribution in [0, 0.1) is 25.2 Å². The Morgan fingerprint density at radius 1 is 1.00 bits per heavy atom. The summed E-state index contributed by atoms with van der Waals surface area (Å²) in [6.07, 6.45) is -0.806. The molecule has 27 heavy (non-hydrogen) atoms. The van der Waals surface area contributed by atoms with Crippen molar-refractivity contribution in [3.8, 4) is 11.8 Å². The summed E-state index contributed by atoms with van der Waals surface area (Å²) in [6, 6.07) is 24.1. The lowest BCUT2D eigenvalue weighted by Crippen LogP contribution is -2.26. The number of ether oxygens (including phenoxy) is 1. The molecule has 0 saturated carbocycles. The first-order valence-electron chi connectivity index (χ1n) is 8.66. The standard InChI is InChI=1S/C23H20N2O2/c1-16-8-9-17(2)21(14-16)25-23(26)22(19-6-4-3-5-7-19)27-20-12-10-18(15-24)11-13-20/h3-14,22H,1-2H3,(H,25,26)/t22-/m1/s1. The van der Waals surface area contributed by atoms with E-state index in [2.05, 4.69) is 11.4 Å².